The van der Waals surface area contributed by atoms with Crippen LogP contribution in [0.3, 0.4) is 0 Å². The third kappa shape index (κ3) is 3.32. The number of nitrogens with zero attached hydrogens (tertiary/aromatic N) is 2. The summed E-state index contributed by atoms with van der Waals surface area (Å²) in [5, 5.41) is 3.25. The van der Waals surface area contributed by atoms with Crippen molar-refractivity contribution in [2.75, 3.05) is 11.9 Å². The molecule has 1 heterocycles. The van der Waals surface area contributed by atoms with Gasteiger partial charge < -0.3 is 10.1 Å². The third-order valence-electron chi connectivity index (χ3n) is 3.59. The summed E-state index contributed by atoms with van der Waals surface area (Å²) < 4.78 is 6.01. The Hall–Kier alpha value is -2.10. The Morgan fingerprint density at radius 3 is 2.71 bits per heavy atom. The van der Waals surface area contributed by atoms with E-state index < -0.39 is 0 Å². The Labute approximate surface area is 125 Å². The summed E-state index contributed by atoms with van der Waals surface area (Å²) in [7, 11) is 0. The first kappa shape index (κ1) is 13.9. The molecule has 4 nitrogen and oxygen atoms in total. The Kier molecular flexibility index (Phi) is 4.04. The van der Waals surface area contributed by atoms with Gasteiger partial charge in [0.05, 0.1) is 0 Å². The lowest BCUT2D eigenvalue weighted by Crippen LogP contribution is -2.04. The van der Waals surface area contributed by atoms with Crippen LogP contribution in [0.2, 0.25) is 0 Å². The van der Waals surface area contributed by atoms with Crippen molar-refractivity contribution < 1.29 is 4.74 Å². The molecule has 110 valence electrons. The zero-order valence-electron chi connectivity index (χ0n) is 12.6. The number of hydrogen-bond donors (Lipinski definition) is 1. The molecule has 0 bridgehead atoms. The first-order chi connectivity index (χ1) is 10.3. The van der Waals surface area contributed by atoms with Crippen LogP contribution in [-0.2, 0) is 6.42 Å². The van der Waals surface area contributed by atoms with E-state index in [1.165, 1.54) is 18.4 Å². The summed E-state index contributed by atoms with van der Waals surface area (Å²) in [6.07, 6.45) is 3.30. The van der Waals surface area contributed by atoms with Gasteiger partial charge in [-0.25, -0.2) is 4.98 Å². The van der Waals surface area contributed by atoms with Gasteiger partial charge in [-0.1, -0.05) is 25.1 Å². The first-order valence-corrected chi connectivity index (χ1v) is 7.68. The first-order valence-electron chi connectivity index (χ1n) is 7.68. The average molecular weight is 283 g/mol. The SMILES string of the molecule is CCNc1cc(Oc2ccccc2CC)nc(C2CC2)n1. The smallest absolute Gasteiger partial charge is 0.224 e. The van der Waals surface area contributed by atoms with E-state index in [1.807, 2.05) is 24.3 Å². The number of aromatic nitrogens is 2. The lowest BCUT2D eigenvalue weighted by molar-refractivity contribution is 0.454. The number of nitrogens with one attached hydrogen (secondary N) is 1. The van der Waals surface area contributed by atoms with Crippen molar-refractivity contribution in [3.63, 3.8) is 0 Å². The van der Waals surface area contributed by atoms with Crippen molar-refractivity contribution in [3.8, 4) is 11.6 Å². The molecule has 2 aromatic rings. The molecule has 0 aliphatic heterocycles. The van der Waals surface area contributed by atoms with Crippen LogP contribution in [0.5, 0.6) is 11.6 Å². The van der Waals surface area contributed by atoms with Gasteiger partial charge in [-0.05, 0) is 37.8 Å². The second kappa shape index (κ2) is 6.12. The predicted octanol–water partition coefficient (Wildman–Crippen LogP) is 4.14. The zero-order chi connectivity index (χ0) is 14.7. The van der Waals surface area contributed by atoms with E-state index in [4.69, 9.17) is 4.74 Å². The van der Waals surface area contributed by atoms with Crippen molar-refractivity contribution >= 4 is 5.82 Å². The molecule has 0 spiro atoms. The minimum Gasteiger partial charge on any atom is -0.439 e. The van der Waals surface area contributed by atoms with Crippen LogP contribution in [0.15, 0.2) is 30.3 Å². The minimum absolute atomic E-state index is 0.507. The highest BCUT2D eigenvalue weighted by Crippen LogP contribution is 2.39. The predicted molar refractivity (Wildman–Crippen MR) is 84.1 cm³/mol. The van der Waals surface area contributed by atoms with Crippen LogP contribution in [0.1, 0.15) is 44.0 Å². The van der Waals surface area contributed by atoms with Gasteiger partial charge in [-0.2, -0.15) is 4.98 Å². The minimum atomic E-state index is 0.507. The quantitative estimate of drug-likeness (QED) is 0.865. The number of para-hydroxylation sites is 1. The van der Waals surface area contributed by atoms with Crippen LogP contribution in [-0.4, -0.2) is 16.5 Å². The fourth-order valence-corrected chi connectivity index (χ4v) is 2.30. The summed E-state index contributed by atoms with van der Waals surface area (Å²) in [6, 6.07) is 9.98. The second-order valence-electron chi connectivity index (χ2n) is 5.32. The maximum absolute atomic E-state index is 6.01. The number of hydrogen-bond acceptors (Lipinski definition) is 4. The molecule has 0 radical (unpaired) electrons. The lowest BCUT2D eigenvalue weighted by Gasteiger charge is -2.11. The monoisotopic (exact) mass is 283 g/mol. The molecule has 1 aliphatic rings. The second-order valence-corrected chi connectivity index (χ2v) is 5.32. The molecule has 1 aromatic heterocycles. The molecule has 0 atom stereocenters. The van der Waals surface area contributed by atoms with E-state index >= 15 is 0 Å². The normalized spacial score (nSPS) is 14.0. The van der Waals surface area contributed by atoms with E-state index in [0.717, 1.165) is 30.4 Å². The lowest BCUT2D eigenvalue weighted by atomic mass is 10.1. The van der Waals surface area contributed by atoms with Gasteiger partial charge in [0.25, 0.3) is 0 Å². The highest BCUT2D eigenvalue weighted by atomic mass is 16.5. The Balaban J connectivity index is 1.89. The van der Waals surface area contributed by atoms with E-state index in [1.54, 1.807) is 0 Å². The molecule has 1 fully saturated rings. The molecule has 3 rings (SSSR count). The van der Waals surface area contributed by atoms with Gasteiger partial charge in [0.15, 0.2) is 0 Å². The van der Waals surface area contributed by atoms with E-state index in [-0.39, 0.29) is 0 Å². The van der Waals surface area contributed by atoms with E-state index in [0.29, 0.717) is 11.8 Å². The topological polar surface area (TPSA) is 47.0 Å². The molecule has 21 heavy (non-hydrogen) atoms. The maximum Gasteiger partial charge on any atom is 0.224 e. The summed E-state index contributed by atoms with van der Waals surface area (Å²) in [5.74, 6) is 3.76. The highest BCUT2D eigenvalue weighted by Gasteiger charge is 2.27. The van der Waals surface area contributed by atoms with Gasteiger partial charge >= 0.3 is 0 Å². The summed E-state index contributed by atoms with van der Waals surface area (Å²) in [4.78, 5) is 9.14. The molecule has 1 saturated carbocycles. The average Bonchev–Trinajstić information content (AvgIpc) is 3.32. The Morgan fingerprint density at radius 2 is 2.00 bits per heavy atom. The molecular weight excluding hydrogens is 262 g/mol. The number of aryl methyl sites for hydroxylation is 1. The van der Waals surface area contributed by atoms with Crippen molar-refractivity contribution in [1.82, 2.24) is 9.97 Å². The van der Waals surface area contributed by atoms with E-state index in [9.17, 15) is 0 Å². The molecule has 4 heteroatoms. The molecule has 1 aromatic carbocycles. The van der Waals surface area contributed by atoms with Crippen molar-refractivity contribution in [2.24, 2.45) is 0 Å². The number of benzene rings is 1. The van der Waals surface area contributed by atoms with Gasteiger partial charge in [-0.15, -0.1) is 0 Å². The largest absolute Gasteiger partial charge is 0.439 e. The Morgan fingerprint density at radius 1 is 1.19 bits per heavy atom. The molecular formula is C17H21N3O. The summed E-state index contributed by atoms with van der Waals surface area (Å²) >= 11 is 0. The number of anilines is 1. The van der Waals surface area contributed by atoms with Crippen molar-refractivity contribution in [3.05, 3.63) is 41.7 Å². The molecule has 0 unspecified atom stereocenters. The number of rotatable bonds is 6. The number of ether oxygens (including phenoxy) is 1. The fraction of sp³-hybridized carbons (Fsp3) is 0.412. The van der Waals surface area contributed by atoms with Crippen molar-refractivity contribution in [2.45, 2.75) is 39.0 Å². The third-order valence-corrected chi connectivity index (χ3v) is 3.59. The van der Waals surface area contributed by atoms with Crippen molar-refractivity contribution in [1.29, 1.82) is 0 Å². The molecule has 0 amide bonds. The van der Waals surface area contributed by atoms with Gasteiger partial charge in [0.1, 0.15) is 17.4 Å². The standard InChI is InChI=1S/C17H21N3O/c1-3-12-7-5-6-8-14(12)21-16-11-15(18-4-2)19-17(20-16)13-9-10-13/h5-8,11,13H,3-4,9-10H2,1-2H3,(H,18,19,20). The van der Waals surface area contributed by atoms with Crippen LogP contribution >= 0.6 is 0 Å². The molecule has 0 saturated heterocycles. The van der Waals surface area contributed by atoms with Crippen LogP contribution in [0.25, 0.3) is 0 Å². The summed E-state index contributed by atoms with van der Waals surface area (Å²) in [5.41, 5.74) is 1.19. The molecule has 1 aliphatic carbocycles. The maximum atomic E-state index is 6.01. The van der Waals surface area contributed by atoms with Crippen LogP contribution in [0, 0.1) is 0 Å². The zero-order valence-corrected chi connectivity index (χ0v) is 12.6. The molecule has 1 N–H and O–H groups in total. The van der Waals surface area contributed by atoms with Gasteiger partial charge in [0, 0.05) is 18.5 Å². The van der Waals surface area contributed by atoms with Gasteiger partial charge in [-0.3, -0.25) is 0 Å². The van der Waals surface area contributed by atoms with Crippen LogP contribution < -0.4 is 10.1 Å². The highest BCUT2D eigenvalue weighted by molar-refractivity contribution is 5.42. The van der Waals surface area contributed by atoms with E-state index in [2.05, 4.69) is 35.2 Å². The van der Waals surface area contributed by atoms with Gasteiger partial charge in [0.2, 0.25) is 5.88 Å². The fourth-order valence-electron chi connectivity index (χ4n) is 2.30. The summed E-state index contributed by atoms with van der Waals surface area (Å²) in [6.45, 7) is 5.03. The van der Waals surface area contributed by atoms with Crippen LogP contribution in [0.4, 0.5) is 5.82 Å². The Bertz CT molecular complexity index is 623.